The lowest BCUT2D eigenvalue weighted by molar-refractivity contribution is -0.121. The second kappa shape index (κ2) is 6.24. The van der Waals surface area contributed by atoms with Crippen LogP contribution in [0.2, 0.25) is 0 Å². The molecule has 1 fully saturated rings. The Kier molecular flexibility index (Phi) is 3.92. The van der Waals surface area contributed by atoms with Crippen LogP contribution >= 0.6 is 0 Å². The van der Waals surface area contributed by atoms with Gasteiger partial charge in [0.15, 0.2) is 0 Å². The predicted octanol–water partition coefficient (Wildman–Crippen LogP) is 3.24. The molecular weight excluding hydrogens is 316 g/mol. The summed E-state index contributed by atoms with van der Waals surface area (Å²) in [5.41, 5.74) is 4.48. The number of rotatable bonds is 2. The second-order valence-electron chi connectivity index (χ2n) is 6.66. The smallest absolute Gasteiger partial charge is 0.407 e. The molecule has 1 N–H and O–H groups in total. The molecule has 4 rings (SSSR count). The van der Waals surface area contributed by atoms with Gasteiger partial charge < -0.3 is 14.9 Å². The molecule has 1 unspecified atom stereocenters. The molecule has 0 spiro atoms. The van der Waals surface area contributed by atoms with Gasteiger partial charge in [0, 0.05) is 25.3 Å². The maximum Gasteiger partial charge on any atom is 0.407 e. The normalized spacial score (nSPS) is 19.1. The van der Waals surface area contributed by atoms with Crippen molar-refractivity contribution in [1.29, 1.82) is 0 Å². The van der Waals surface area contributed by atoms with E-state index in [0.717, 1.165) is 17.7 Å². The number of carbonyl (C=O) groups excluding carboxylic acids is 1. The molecular formula is C20H20N2O3. The first kappa shape index (κ1) is 15.7. The second-order valence-corrected chi connectivity index (χ2v) is 6.66. The van der Waals surface area contributed by atoms with Gasteiger partial charge in [-0.15, -0.1) is 0 Å². The average molecular weight is 336 g/mol. The molecule has 2 amide bonds. The molecule has 0 aliphatic carbocycles. The first-order chi connectivity index (χ1) is 12.1. The summed E-state index contributed by atoms with van der Waals surface area (Å²) < 4.78 is 0. The van der Waals surface area contributed by atoms with Crippen LogP contribution in [0, 0.1) is 5.92 Å². The number of anilines is 1. The lowest BCUT2D eigenvalue weighted by Gasteiger charge is -2.21. The van der Waals surface area contributed by atoms with Crippen LogP contribution in [0.15, 0.2) is 48.5 Å². The van der Waals surface area contributed by atoms with Crippen LogP contribution in [-0.4, -0.2) is 41.6 Å². The highest BCUT2D eigenvalue weighted by atomic mass is 16.4. The highest BCUT2D eigenvalue weighted by molar-refractivity contribution is 5.98. The quantitative estimate of drug-likeness (QED) is 0.916. The van der Waals surface area contributed by atoms with Crippen molar-refractivity contribution in [1.82, 2.24) is 4.90 Å². The average Bonchev–Trinajstić information content (AvgIpc) is 3.29. The number of benzene rings is 2. The van der Waals surface area contributed by atoms with Crippen molar-refractivity contribution in [2.75, 3.05) is 24.5 Å². The van der Waals surface area contributed by atoms with Crippen LogP contribution < -0.4 is 4.90 Å². The van der Waals surface area contributed by atoms with Gasteiger partial charge in [-0.25, -0.2) is 4.79 Å². The van der Waals surface area contributed by atoms with E-state index in [-0.39, 0.29) is 11.8 Å². The molecule has 2 aliphatic heterocycles. The van der Waals surface area contributed by atoms with Gasteiger partial charge in [0.2, 0.25) is 5.91 Å². The Hall–Kier alpha value is -2.82. The van der Waals surface area contributed by atoms with Gasteiger partial charge in [-0.3, -0.25) is 4.79 Å². The number of carboxylic acid groups (broad SMARTS) is 1. The molecule has 5 heteroatoms. The van der Waals surface area contributed by atoms with Crippen LogP contribution in [0.4, 0.5) is 10.5 Å². The van der Waals surface area contributed by atoms with Crippen LogP contribution in [0.3, 0.4) is 0 Å². The van der Waals surface area contributed by atoms with Gasteiger partial charge in [-0.1, -0.05) is 36.4 Å². The van der Waals surface area contributed by atoms with E-state index in [1.165, 1.54) is 16.0 Å². The topological polar surface area (TPSA) is 60.9 Å². The molecule has 0 bridgehead atoms. The number of hydrogen-bond acceptors (Lipinski definition) is 2. The van der Waals surface area contributed by atoms with Gasteiger partial charge in [0.05, 0.1) is 5.92 Å². The third kappa shape index (κ3) is 2.86. The number of hydrogen-bond donors (Lipinski definition) is 1. The number of likely N-dealkylation sites (tertiary alicyclic amines) is 1. The molecule has 2 aromatic rings. The first-order valence-corrected chi connectivity index (χ1v) is 8.61. The number of nitrogens with zero attached hydrogens (tertiary/aromatic N) is 2. The largest absolute Gasteiger partial charge is 0.465 e. The Labute approximate surface area is 146 Å². The van der Waals surface area contributed by atoms with Crippen LogP contribution in [0.25, 0.3) is 11.1 Å². The molecule has 25 heavy (non-hydrogen) atoms. The van der Waals surface area contributed by atoms with Crippen molar-refractivity contribution in [3.05, 3.63) is 54.1 Å². The lowest BCUT2D eigenvalue weighted by atomic mass is 10.0. The van der Waals surface area contributed by atoms with E-state index in [2.05, 4.69) is 24.3 Å². The van der Waals surface area contributed by atoms with Gasteiger partial charge in [-0.05, 0) is 41.7 Å². The maximum absolute atomic E-state index is 12.8. The minimum absolute atomic E-state index is 0.0509. The van der Waals surface area contributed by atoms with Crippen LogP contribution in [0.1, 0.15) is 12.0 Å². The van der Waals surface area contributed by atoms with Gasteiger partial charge >= 0.3 is 6.09 Å². The molecule has 5 nitrogen and oxygen atoms in total. The number of amides is 2. The van der Waals surface area contributed by atoms with Crippen molar-refractivity contribution < 1.29 is 14.7 Å². The summed E-state index contributed by atoms with van der Waals surface area (Å²) in [6.07, 6.45) is 0.514. The summed E-state index contributed by atoms with van der Waals surface area (Å²) >= 11 is 0. The molecule has 2 heterocycles. The molecule has 1 atom stereocenters. The monoisotopic (exact) mass is 336 g/mol. The molecule has 2 aliphatic rings. The zero-order chi connectivity index (χ0) is 17.4. The van der Waals surface area contributed by atoms with Crippen molar-refractivity contribution in [2.45, 2.75) is 12.8 Å². The molecule has 0 radical (unpaired) electrons. The van der Waals surface area contributed by atoms with E-state index < -0.39 is 6.09 Å². The minimum atomic E-state index is -0.940. The Bertz CT molecular complexity index is 819. The van der Waals surface area contributed by atoms with Crippen molar-refractivity contribution in [3.63, 3.8) is 0 Å². The van der Waals surface area contributed by atoms with Gasteiger partial charge in [0.25, 0.3) is 0 Å². The van der Waals surface area contributed by atoms with Crippen molar-refractivity contribution in [3.8, 4) is 11.1 Å². The van der Waals surface area contributed by atoms with E-state index in [1.54, 1.807) is 0 Å². The van der Waals surface area contributed by atoms with E-state index in [1.807, 2.05) is 29.2 Å². The fraction of sp³-hybridized carbons (Fsp3) is 0.300. The van der Waals surface area contributed by atoms with Crippen molar-refractivity contribution in [2.24, 2.45) is 5.92 Å². The zero-order valence-electron chi connectivity index (χ0n) is 13.9. The highest BCUT2D eigenvalue weighted by Crippen LogP contribution is 2.34. The fourth-order valence-electron chi connectivity index (χ4n) is 3.80. The number of carbonyl (C=O) groups is 2. The molecule has 2 aromatic carbocycles. The zero-order valence-corrected chi connectivity index (χ0v) is 13.9. The molecule has 0 aromatic heterocycles. The summed E-state index contributed by atoms with van der Waals surface area (Å²) in [7, 11) is 0. The summed E-state index contributed by atoms with van der Waals surface area (Å²) in [6, 6.07) is 16.4. The highest BCUT2D eigenvalue weighted by Gasteiger charge is 2.36. The van der Waals surface area contributed by atoms with E-state index in [0.29, 0.717) is 26.1 Å². The fourth-order valence-corrected chi connectivity index (χ4v) is 3.80. The third-order valence-electron chi connectivity index (χ3n) is 5.16. The van der Waals surface area contributed by atoms with Crippen LogP contribution in [0.5, 0.6) is 0 Å². The van der Waals surface area contributed by atoms with Gasteiger partial charge in [0.1, 0.15) is 0 Å². The molecule has 128 valence electrons. The Morgan fingerprint density at radius 3 is 2.52 bits per heavy atom. The Morgan fingerprint density at radius 1 is 1.00 bits per heavy atom. The lowest BCUT2D eigenvalue weighted by Crippen LogP contribution is -2.37. The summed E-state index contributed by atoms with van der Waals surface area (Å²) in [6.45, 7) is 1.43. The summed E-state index contributed by atoms with van der Waals surface area (Å²) in [5.74, 6) is -0.175. The third-order valence-corrected chi connectivity index (χ3v) is 5.16. The molecule has 1 saturated heterocycles. The summed E-state index contributed by atoms with van der Waals surface area (Å²) in [4.78, 5) is 27.1. The maximum atomic E-state index is 12.8. The summed E-state index contributed by atoms with van der Waals surface area (Å²) in [5, 5.41) is 9.08. The van der Waals surface area contributed by atoms with Crippen molar-refractivity contribution >= 4 is 17.7 Å². The SMILES string of the molecule is O=C(O)N1CCC(C(=O)N2CCc3cc(-c4ccccc4)ccc32)C1. The first-order valence-electron chi connectivity index (χ1n) is 8.61. The van der Waals surface area contributed by atoms with E-state index in [9.17, 15) is 9.59 Å². The number of fused-ring (bicyclic) bond motifs is 1. The Balaban J connectivity index is 1.54. The van der Waals surface area contributed by atoms with Crippen LogP contribution in [-0.2, 0) is 11.2 Å². The minimum Gasteiger partial charge on any atom is -0.465 e. The molecule has 0 saturated carbocycles. The predicted molar refractivity (Wildman–Crippen MR) is 95.6 cm³/mol. The Morgan fingerprint density at radius 2 is 1.80 bits per heavy atom. The van der Waals surface area contributed by atoms with E-state index >= 15 is 0 Å². The standard InChI is InChI=1S/C20H20N2O3/c23-19(17-8-10-21(13-17)20(24)25)22-11-9-16-12-15(6-7-18(16)22)14-4-2-1-3-5-14/h1-7,12,17H,8-11,13H2,(H,24,25). The van der Waals surface area contributed by atoms with E-state index in [4.69, 9.17) is 5.11 Å². The van der Waals surface area contributed by atoms with Gasteiger partial charge in [-0.2, -0.15) is 0 Å².